The highest BCUT2D eigenvalue weighted by molar-refractivity contribution is 6.39. The molecule has 2 saturated carbocycles. The molecule has 16 heteroatoms. The molecule has 0 atom stereocenters. The molecule has 2 aromatic heterocycles. The van der Waals surface area contributed by atoms with E-state index in [9.17, 15) is 19.2 Å². The van der Waals surface area contributed by atoms with Gasteiger partial charge >= 0.3 is 0 Å². The van der Waals surface area contributed by atoms with Gasteiger partial charge in [0, 0.05) is 114 Å². The molecular formula is C46H62Cl2N8O6. The first-order chi connectivity index (χ1) is 29.7. The van der Waals surface area contributed by atoms with Gasteiger partial charge in [0.2, 0.25) is 0 Å². The number of benzene rings is 2. The van der Waals surface area contributed by atoms with E-state index in [0.717, 1.165) is 138 Å². The average Bonchev–Trinajstić information content (AvgIpc) is 4.04. The number of fused-ring (bicyclic) bond motifs is 4. The van der Waals surface area contributed by atoms with Crippen LogP contribution in [0.15, 0.2) is 36.4 Å². The van der Waals surface area contributed by atoms with Gasteiger partial charge in [-0.15, -0.1) is 0 Å². The number of aromatic nitrogens is 4. The standard InChI is InChI=1S/C31H35Cl2N5O2.C13H19N3O2.2CH4O/c1-34-22-7-3-5-20(26(22)32)21-6-4-8-23(27(21)33)36-29(40)28-35-24-17-38(15-9-25(24)37(28)2)16-14-30-10-12-31(18-30,19-39)13-11-30;1-13(2,9-18)8-16-5-4-11-10(6-16)14-12(7-17)15(11)3;2*1-2/h3-8,19,34H,9-18H2,1-2H3,(H,36,40);7,9H,4-6,8H2,1-3H3;2*2H,1H3. The molecule has 0 spiro atoms. The van der Waals surface area contributed by atoms with Crippen LogP contribution in [0, 0.1) is 16.2 Å². The van der Waals surface area contributed by atoms with Crippen LogP contribution in [0.5, 0.6) is 0 Å². The minimum absolute atomic E-state index is 0.0380. The molecule has 0 radical (unpaired) electrons. The fraction of sp³-hybridized carbons (Fsp3) is 0.522. The maximum absolute atomic E-state index is 13.4. The Hall–Kier alpha value is -4.44. The highest BCUT2D eigenvalue weighted by atomic mass is 35.5. The number of halogens is 2. The Bertz CT molecular complexity index is 2230. The molecule has 1 amide bonds. The molecule has 62 heavy (non-hydrogen) atoms. The summed E-state index contributed by atoms with van der Waals surface area (Å²) in [5.41, 5.74) is 6.98. The molecule has 14 nitrogen and oxygen atoms in total. The van der Waals surface area contributed by atoms with E-state index in [1.54, 1.807) is 6.07 Å². The summed E-state index contributed by atoms with van der Waals surface area (Å²) in [6.07, 6.45) is 11.4. The van der Waals surface area contributed by atoms with Gasteiger partial charge in [-0.25, -0.2) is 9.97 Å². The van der Waals surface area contributed by atoms with Gasteiger partial charge in [-0.3, -0.25) is 19.4 Å². The van der Waals surface area contributed by atoms with Crippen LogP contribution in [0.2, 0.25) is 10.0 Å². The lowest BCUT2D eigenvalue weighted by Gasteiger charge is -2.32. The van der Waals surface area contributed by atoms with Crippen LogP contribution in [0.4, 0.5) is 11.4 Å². The topological polar surface area (TPSA) is 175 Å². The van der Waals surface area contributed by atoms with E-state index in [0.29, 0.717) is 39.3 Å². The van der Waals surface area contributed by atoms with Gasteiger partial charge in [0.05, 0.1) is 32.8 Å². The molecule has 2 aliphatic carbocycles. The first-order valence-corrected chi connectivity index (χ1v) is 21.9. The number of hydrogen-bond acceptors (Lipinski definition) is 11. The maximum atomic E-state index is 13.4. The molecule has 8 rings (SSSR count). The number of imidazole rings is 2. The quantitative estimate of drug-likeness (QED) is 0.113. The summed E-state index contributed by atoms with van der Waals surface area (Å²) in [7, 11) is 7.60. The van der Waals surface area contributed by atoms with Crippen molar-refractivity contribution in [2.75, 3.05) is 58.1 Å². The van der Waals surface area contributed by atoms with Crippen LogP contribution in [0.1, 0.15) is 96.4 Å². The zero-order valence-electron chi connectivity index (χ0n) is 37.1. The Morgan fingerprint density at radius 3 is 1.97 bits per heavy atom. The van der Waals surface area contributed by atoms with Crippen molar-refractivity contribution in [2.45, 2.75) is 78.3 Å². The SMILES string of the molecule is CNc1cccc(-c2cccc(NC(=O)c3nc4c(n3C)CCN(CCC35CCC(C=O)(CC3)C5)C4)c2Cl)c1Cl.CO.CO.Cn1c(C=O)nc2c1CCN(CC(C)(C)C=O)C2. The lowest BCUT2D eigenvalue weighted by Crippen LogP contribution is -2.39. The molecule has 0 unspecified atom stereocenters. The van der Waals surface area contributed by atoms with Crippen LogP contribution < -0.4 is 10.6 Å². The second-order valence-corrected chi connectivity index (χ2v) is 18.2. The number of aldehydes is 3. The molecule has 0 saturated heterocycles. The number of aliphatic hydroxyl groups is 2. The number of hydrogen-bond donors (Lipinski definition) is 4. The van der Waals surface area contributed by atoms with E-state index < -0.39 is 0 Å². The normalized spacial score (nSPS) is 20.2. The lowest BCUT2D eigenvalue weighted by atomic mass is 9.80. The summed E-state index contributed by atoms with van der Waals surface area (Å²) in [5, 5.41) is 21.1. The van der Waals surface area contributed by atoms with Crippen LogP contribution in [-0.2, 0) is 49.6 Å². The molecular weight excluding hydrogens is 831 g/mol. The summed E-state index contributed by atoms with van der Waals surface area (Å²) in [4.78, 5) is 60.7. The fourth-order valence-corrected chi connectivity index (χ4v) is 10.3. The number of nitrogens with zero attached hydrogens (tertiary/aromatic N) is 6. The average molecular weight is 894 g/mol. The summed E-state index contributed by atoms with van der Waals surface area (Å²) < 4.78 is 3.78. The first kappa shape index (κ1) is 48.6. The third kappa shape index (κ3) is 10.3. The molecule has 4 heterocycles. The highest BCUT2D eigenvalue weighted by Gasteiger charge is 2.53. The third-order valence-corrected chi connectivity index (χ3v) is 13.8. The third-order valence-electron chi connectivity index (χ3n) is 13.0. The number of nitrogens with one attached hydrogen (secondary N) is 2. The Balaban J connectivity index is 0.000000276. The van der Waals surface area contributed by atoms with E-state index in [1.165, 1.54) is 19.1 Å². The van der Waals surface area contributed by atoms with Crippen LogP contribution in [0.3, 0.4) is 0 Å². The number of carbonyl (C=O) groups is 4. The number of amides is 1. The number of carbonyl (C=O) groups excluding carboxylic acids is 4. The molecule has 2 aromatic carbocycles. The monoisotopic (exact) mass is 892 g/mol. The van der Waals surface area contributed by atoms with Gasteiger partial charge < -0.3 is 39.6 Å². The van der Waals surface area contributed by atoms with Crippen LogP contribution in [-0.4, -0.2) is 111 Å². The number of aliphatic hydroxyl groups excluding tert-OH is 2. The van der Waals surface area contributed by atoms with E-state index in [4.69, 9.17) is 38.4 Å². The molecule has 4 N–H and O–H groups in total. The minimum atomic E-state index is -0.334. The van der Waals surface area contributed by atoms with E-state index in [1.807, 2.05) is 74.5 Å². The predicted molar refractivity (Wildman–Crippen MR) is 244 cm³/mol. The van der Waals surface area contributed by atoms with Crippen molar-refractivity contribution in [3.8, 4) is 11.1 Å². The highest BCUT2D eigenvalue weighted by Crippen LogP contribution is 2.62. The molecule has 4 aliphatic rings. The van der Waals surface area contributed by atoms with Crippen molar-refractivity contribution >= 4 is 59.3 Å². The molecule has 336 valence electrons. The summed E-state index contributed by atoms with van der Waals surface area (Å²) in [5.74, 6) is 0.569. The lowest BCUT2D eigenvalue weighted by molar-refractivity contribution is -0.116. The van der Waals surface area contributed by atoms with Gasteiger partial charge in [0.25, 0.3) is 5.91 Å². The number of anilines is 2. The molecule has 4 aromatic rings. The Kier molecular flexibility index (Phi) is 16.3. The van der Waals surface area contributed by atoms with Gasteiger partial charge in [0.1, 0.15) is 12.6 Å². The Morgan fingerprint density at radius 2 is 1.39 bits per heavy atom. The van der Waals surface area contributed by atoms with Crippen molar-refractivity contribution < 1.29 is 29.4 Å². The largest absolute Gasteiger partial charge is 0.400 e. The summed E-state index contributed by atoms with van der Waals surface area (Å²) in [6, 6.07) is 11.3. The smallest absolute Gasteiger partial charge is 0.291 e. The van der Waals surface area contributed by atoms with Gasteiger partial charge in [0.15, 0.2) is 17.9 Å². The van der Waals surface area contributed by atoms with Crippen molar-refractivity contribution in [3.63, 3.8) is 0 Å². The van der Waals surface area contributed by atoms with Crippen molar-refractivity contribution in [3.05, 3.63) is 80.9 Å². The van der Waals surface area contributed by atoms with E-state index >= 15 is 0 Å². The fourth-order valence-electron chi connectivity index (χ4n) is 9.65. The predicted octanol–water partition coefficient (Wildman–Crippen LogP) is 6.62. The Labute approximate surface area is 375 Å². The maximum Gasteiger partial charge on any atom is 0.291 e. The van der Waals surface area contributed by atoms with Gasteiger partial charge in [-0.05, 0) is 62.6 Å². The zero-order valence-corrected chi connectivity index (χ0v) is 38.6. The van der Waals surface area contributed by atoms with E-state index in [2.05, 4.69) is 25.4 Å². The van der Waals surface area contributed by atoms with E-state index in [-0.39, 0.29) is 16.7 Å². The van der Waals surface area contributed by atoms with Gasteiger partial charge in [-0.1, -0.05) is 61.3 Å². The Morgan fingerprint density at radius 1 is 0.823 bits per heavy atom. The second-order valence-electron chi connectivity index (χ2n) is 17.5. The van der Waals surface area contributed by atoms with Crippen molar-refractivity contribution in [1.29, 1.82) is 0 Å². The summed E-state index contributed by atoms with van der Waals surface area (Å²) in [6.45, 7) is 8.91. The van der Waals surface area contributed by atoms with Crippen molar-refractivity contribution in [2.24, 2.45) is 30.3 Å². The zero-order chi connectivity index (χ0) is 45.4. The number of rotatable bonds is 12. The molecule has 2 aliphatic heterocycles. The van der Waals surface area contributed by atoms with Crippen molar-refractivity contribution in [1.82, 2.24) is 28.9 Å². The minimum Gasteiger partial charge on any atom is -0.400 e. The van der Waals surface area contributed by atoms with Gasteiger partial charge in [-0.2, -0.15) is 0 Å². The second kappa shape index (κ2) is 20.8. The summed E-state index contributed by atoms with van der Waals surface area (Å²) >= 11 is 13.4. The first-order valence-electron chi connectivity index (χ1n) is 21.1. The molecule has 2 fully saturated rings. The van der Waals surface area contributed by atoms with Crippen LogP contribution in [0.25, 0.3) is 11.1 Å². The van der Waals surface area contributed by atoms with Crippen LogP contribution >= 0.6 is 23.2 Å². The molecule has 2 bridgehead atoms.